The van der Waals surface area contributed by atoms with Crippen molar-refractivity contribution in [3.63, 3.8) is 0 Å². The molecule has 16 heavy (non-hydrogen) atoms. The molecule has 0 unspecified atom stereocenters. The number of H-pyrrole nitrogens is 1. The van der Waals surface area contributed by atoms with E-state index in [1.165, 1.54) is 22.3 Å². The van der Waals surface area contributed by atoms with Gasteiger partial charge in [0.05, 0.1) is 11.9 Å². The minimum atomic E-state index is 0.650. The Labute approximate surface area is 95.7 Å². The van der Waals surface area contributed by atoms with Crippen LogP contribution in [0.1, 0.15) is 16.7 Å². The van der Waals surface area contributed by atoms with Crippen LogP contribution in [-0.2, 0) is 6.42 Å². The molecule has 0 fully saturated rings. The van der Waals surface area contributed by atoms with Gasteiger partial charge in [0.2, 0.25) is 0 Å². The smallest absolute Gasteiger partial charge is 0.0685 e. The Bertz CT molecular complexity index is 486. The molecule has 0 aliphatic carbocycles. The van der Waals surface area contributed by atoms with Crippen molar-refractivity contribution in [2.45, 2.75) is 20.3 Å². The summed E-state index contributed by atoms with van der Waals surface area (Å²) in [5, 5.41) is 7.16. The third kappa shape index (κ3) is 1.99. The molecule has 3 heteroatoms. The maximum absolute atomic E-state index is 5.59. The van der Waals surface area contributed by atoms with Crippen molar-refractivity contribution >= 4 is 0 Å². The molecule has 2 aromatic rings. The maximum Gasteiger partial charge on any atom is 0.0685 e. The zero-order chi connectivity index (χ0) is 11.5. The first-order valence-electron chi connectivity index (χ1n) is 5.52. The quantitative estimate of drug-likeness (QED) is 0.824. The number of aromatic amines is 1. The van der Waals surface area contributed by atoms with Crippen LogP contribution >= 0.6 is 0 Å². The van der Waals surface area contributed by atoms with Crippen LogP contribution in [0.4, 0.5) is 0 Å². The molecular formula is C13H17N3. The van der Waals surface area contributed by atoms with E-state index in [2.05, 4.69) is 42.2 Å². The lowest BCUT2D eigenvalue weighted by Gasteiger charge is -2.07. The summed E-state index contributed by atoms with van der Waals surface area (Å²) in [5.74, 6) is 0. The number of rotatable bonds is 3. The number of hydrogen-bond acceptors (Lipinski definition) is 2. The second-order valence-electron chi connectivity index (χ2n) is 4.13. The standard InChI is InChI=1S/C13H17N3/c1-9-3-4-12(10(2)7-9)13-11(5-6-14)8-15-16-13/h3-4,7-8H,5-6,14H2,1-2H3,(H,15,16). The molecule has 0 saturated carbocycles. The van der Waals surface area contributed by atoms with Gasteiger partial charge in [-0.15, -0.1) is 0 Å². The van der Waals surface area contributed by atoms with E-state index in [0.29, 0.717) is 6.54 Å². The van der Waals surface area contributed by atoms with Crippen molar-refractivity contribution in [2.75, 3.05) is 6.54 Å². The van der Waals surface area contributed by atoms with Crippen LogP contribution in [-0.4, -0.2) is 16.7 Å². The predicted molar refractivity (Wildman–Crippen MR) is 66.3 cm³/mol. The Hall–Kier alpha value is -1.61. The molecule has 1 aromatic heterocycles. The molecule has 0 spiro atoms. The van der Waals surface area contributed by atoms with Gasteiger partial charge >= 0.3 is 0 Å². The summed E-state index contributed by atoms with van der Waals surface area (Å²) in [6, 6.07) is 6.44. The normalized spacial score (nSPS) is 10.7. The molecule has 0 aliphatic heterocycles. The molecule has 0 amide bonds. The summed E-state index contributed by atoms with van der Waals surface area (Å²) in [6.45, 7) is 4.87. The minimum absolute atomic E-state index is 0.650. The molecule has 0 bridgehead atoms. The Morgan fingerprint density at radius 1 is 1.31 bits per heavy atom. The van der Waals surface area contributed by atoms with Crippen LogP contribution in [0.25, 0.3) is 11.3 Å². The summed E-state index contributed by atoms with van der Waals surface area (Å²) in [7, 11) is 0. The summed E-state index contributed by atoms with van der Waals surface area (Å²) < 4.78 is 0. The van der Waals surface area contributed by atoms with Gasteiger partial charge in [-0.1, -0.05) is 23.8 Å². The van der Waals surface area contributed by atoms with Crippen LogP contribution < -0.4 is 5.73 Å². The SMILES string of the molecule is Cc1ccc(-c2[nH]ncc2CCN)c(C)c1. The summed E-state index contributed by atoms with van der Waals surface area (Å²) >= 11 is 0. The molecule has 3 nitrogen and oxygen atoms in total. The molecule has 1 heterocycles. The van der Waals surface area contributed by atoms with E-state index in [9.17, 15) is 0 Å². The highest BCUT2D eigenvalue weighted by Gasteiger charge is 2.09. The lowest BCUT2D eigenvalue weighted by molar-refractivity contribution is 0.971. The molecule has 84 valence electrons. The Morgan fingerprint density at radius 2 is 2.12 bits per heavy atom. The van der Waals surface area contributed by atoms with E-state index in [1.54, 1.807) is 0 Å². The van der Waals surface area contributed by atoms with Crippen LogP contribution in [0.5, 0.6) is 0 Å². The Kier molecular flexibility index (Phi) is 3.06. The fraction of sp³-hybridized carbons (Fsp3) is 0.308. The maximum atomic E-state index is 5.59. The summed E-state index contributed by atoms with van der Waals surface area (Å²) in [6.07, 6.45) is 2.72. The molecule has 0 atom stereocenters. The second-order valence-corrected chi connectivity index (χ2v) is 4.13. The highest BCUT2D eigenvalue weighted by molar-refractivity contribution is 5.66. The van der Waals surface area contributed by atoms with Gasteiger partial charge < -0.3 is 5.73 Å². The summed E-state index contributed by atoms with van der Waals surface area (Å²) in [5.41, 5.74) is 11.6. The zero-order valence-corrected chi connectivity index (χ0v) is 9.75. The molecule has 3 N–H and O–H groups in total. The molecule has 0 aliphatic rings. The first-order valence-corrected chi connectivity index (χ1v) is 5.52. The van der Waals surface area contributed by atoms with Gasteiger partial charge in [-0.25, -0.2) is 0 Å². The van der Waals surface area contributed by atoms with E-state index < -0.39 is 0 Å². The highest BCUT2D eigenvalue weighted by atomic mass is 15.1. The molecule has 2 rings (SSSR count). The minimum Gasteiger partial charge on any atom is -0.330 e. The number of hydrogen-bond donors (Lipinski definition) is 2. The first-order chi connectivity index (χ1) is 7.72. The van der Waals surface area contributed by atoms with E-state index >= 15 is 0 Å². The number of nitrogens with two attached hydrogens (primary N) is 1. The number of aromatic nitrogens is 2. The van der Waals surface area contributed by atoms with Crippen molar-refractivity contribution in [2.24, 2.45) is 5.73 Å². The fourth-order valence-electron chi connectivity index (χ4n) is 1.98. The largest absolute Gasteiger partial charge is 0.330 e. The van der Waals surface area contributed by atoms with Gasteiger partial charge in [0.25, 0.3) is 0 Å². The van der Waals surface area contributed by atoms with Gasteiger partial charge in [0, 0.05) is 5.56 Å². The molecule has 0 saturated heterocycles. The lowest BCUT2D eigenvalue weighted by atomic mass is 10.00. The number of benzene rings is 1. The van der Waals surface area contributed by atoms with Gasteiger partial charge in [-0.05, 0) is 37.9 Å². The lowest BCUT2D eigenvalue weighted by Crippen LogP contribution is -2.03. The molecular weight excluding hydrogens is 198 g/mol. The average Bonchev–Trinajstić information content (AvgIpc) is 2.67. The number of nitrogens with one attached hydrogen (secondary N) is 1. The third-order valence-corrected chi connectivity index (χ3v) is 2.78. The molecule has 0 radical (unpaired) electrons. The highest BCUT2D eigenvalue weighted by Crippen LogP contribution is 2.25. The average molecular weight is 215 g/mol. The van der Waals surface area contributed by atoms with E-state index in [4.69, 9.17) is 5.73 Å². The van der Waals surface area contributed by atoms with E-state index in [0.717, 1.165) is 12.1 Å². The third-order valence-electron chi connectivity index (χ3n) is 2.78. The van der Waals surface area contributed by atoms with Crippen LogP contribution in [0.15, 0.2) is 24.4 Å². The van der Waals surface area contributed by atoms with Crippen LogP contribution in [0, 0.1) is 13.8 Å². The van der Waals surface area contributed by atoms with Crippen LogP contribution in [0.3, 0.4) is 0 Å². The topological polar surface area (TPSA) is 54.7 Å². The van der Waals surface area contributed by atoms with Crippen molar-refractivity contribution in [3.8, 4) is 11.3 Å². The van der Waals surface area contributed by atoms with Gasteiger partial charge in [0.15, 0.2) is 0 Å². The van der Waals surface area contributed by atoms with Gasteiger partial charge in [0.1, 0.15) is 0 Å². The van der Waals surface area contributed by atoms with Crippen molar-refractivity contribution in [3.05, 3.63) is 41.1 Å². The first kappa shape index (κ1) is 10.9. The summed E-state index contributed by atoms with van der Waals surface area (Å²) in [4.78, 5) is 0. The van der Waals surface area contributed by atoms with E-state index in [-0.39, 0.29) is 0 Å². The fourth-order valence-corrected chi connectivity index (χ4v) is 1.98. The van der Waals surface area contributed by atoms with Crippen LogP contribution in [0.2, 0.25) is 0 Å². The van der Waals surface area contributed by atoms with Crippen molar-refractivity contribution < 1.29 is 0 Å². The van der Waals surface area contributed by atoms with Gasteiger partial charge in [-0.2, -0.15) is 5.10 Å². The Balaban J connectivity index is 2.46. The number of aryl methyl sites for hydroxylation is 2. The van der Waals surface area contributed by atoms with E-state index in [1.807, 2.05) is 6.20 Å². The van der Waals surface area contributed by atoms with Gasteiger partial charge in [-0.3, -0.25) is 5.10 Å². The monoisotopic (exact) mass is 215 g/mol. The molecule has 1 aromatic carbocycles. The second kappa shape index (κ2) is 4.49. The van der Waals surface area contributed by atoms with Crippen molar-refractivity contribution in [1.82, 2.24) is 10.2 Å². The predicted octanol–water partition coefficient (Wildman–Crippen LogP) is 2.19. The Morgan fingerprint density at radius 3 is 2.81 bits per heavy atom. The van der Waals surface area contributed by atoms with Crippen molar-refractivity contribution in [1.29, 1.82) is 0 Å². The number of nitrogens with zero attached hydrogens (tertiary/aromatic N) is 1. The zero-order valence-electron chi connectivity index (χ0n) is 9.75.